The number of rotatable bonds is 5. The van der Waals surface area contributed by atoms with Gasteiger partial charge in [0.15, 0.2) is 5.75 Å². The largest absolute Gasteiger partial charge is 0.479 e. The van der Waals surface area contributed by atoms with Crippen molar-refractivity contribution in [1.29, 1.82) is 0 Å². The number of aromatic nitrogens is 1. The van der Waals surface area contributed by atoms with E-state index in [2.05, 4.69) is 4.98 Å². The fraction of sp³-hybridized carbons (Fsp3) is 0.308. The molecule has 0 radical (unpaired) electrons. The molecule has 0 bridgehead atoms. The van der Waals surface area contributed by atoms with E-state index in [1.54, 1.807) is 12.1 Å². The molecule has 6 nitrogen and oxygen atoms in total. The van der Waals surface area contributed by atoms with Gasteiger partial charge in [-0.05, 0) is 25.5 Å². The molecule has 1 aromatic carbocycles. The van der Waals surface area contributed by atoms with Crippen LogP contribution in [0.25, 0.3) is 0 Å². The molecule has 0 aliphatic carbocycles. The van der Waals surface area contributed by atoms with E-state index in [9.17, 15) is 10.1 Å². The number of benzene rings is 1. The van der Waals surface area contributed by atoms with E-state index in [4.69, 9.17) is 10.5 Å². The van der Waals surface area contributed by atoms with Gasteiger partial charge >= 0.3 is 5.69 Å². The first kappa shape index (κ1) is 14.4. The Labute approximate surface area is 120 Å². The molecule has 1 aromatic heterocycles. The topological polar surface area (TPSA) is 91.3 Å². The normalized spacial score (nSPS) is 10.6. The second-order valence-electron chi connectivity index (χ2n) is 4.30. The molecule has 1 heterocycles. The molecule has 2 aromatic rings. The van der Waals surface area contributed by atoms with Crippen LogP contribution in [0.3, 0.4) is 0 Å². The molecule has 0 saturated heterocycles. The third-order valence-corrected chi connectivity index (χ3v) is 3.93. The molecule has 0 spiro atoms. The summed E-state index contributed by atoms with van der Waals surface area (Å²) in [6.45, 7) is 4.43. The van der Waals surface area contributed by atoms with Crippen molar-refractivity contribution < 1.29 is 9.66 Å². The van der Waals surface area contributed by atoms with Gasteiger partial charge in [-0.1, -0.05) is 6.07 Å². The number of nitrogens with zero attached hydrogens (tertiary/aromatic N) is 2. The van der Waals surface area contributed by atoms with Crippen molar-refractivity contribution in [3.05, 3.63) is 49.5 Å². The van der Waals surface area contributed by atoms with Crippen LogP contribution in [-0.2, 0) is 13.2 Å². The van der Waals surface area contributed by atoms with Gasteiger partial charge in [0.1, 0.15) is 11.6 Å². The van der Waals surface area contributed by atoms with Crippen molar-refractivity contribution in [3.63, 3.8) is 0 Å². The third kappa shape index (κ3) is 3.12. The molecular weight excluding hydrogens is 278 g/mol. The van der Waals surface area contributed by atoms with E-state index in [-0.39, 0.29) is 18.0 Å². The summed E-state index contributed by atoms with van der Waals surface area (Å²) in [6.07, 6.45) is 0. The summed E-state index contributed by atoms with van der Waals surface area (Å²) in [6, 6.07) is 4.64. The number of aryl methyl sites for hydroxylation is 2. The minimum absolute atomic E-state index is 0.0628. The number of ether oxygens (including phenoxy) is 1. The van der Waals surface area contributed by atoms with Gasteiger partial charge in [-0.25, -0.2) is 4.98 Å². The Morgan fingerprint density at radius 3 is 2.75 bits per heavy atom. The van der Waals surface area contributed by atoms with E-state index < -0.39 is 4.92 Å². The smallest absolute Gasteiger partial charge is 0.310 e. The molecule has 2 rings (SSSR count). The first-order valence-electron chi connectivity index (χ1n) is 6.04. The number of nitrogens with two attached hydrogens (primary N) is 1. The summed E-state index contributed by atoms with van der Waals surface area (Å²) in [5, 5.41) is 11.8. The Balaban J connectivity index is 2.20. The van der Waals surface area contributed by atoms with Crippen molar-refractivity contribution >= 4 is 17.0 Å². The Morgan fingerprint density at radius 1 is 1.45 bits per heavy atom. The minimum Gasteiger partial charge on any atom is -0.479 e. The van der Waals surface area contributed by atoms with Crippen LogP contribution in [-0.4, -0.2) is 9.91 Å². The summed E-state index contributed by atoms with van der Waals surface area (Å²) in [7, 11) is 0. The predicted molar refractivity (Wildman–Crippen MR) is 76.9 cm³/mol. The molecular formula is C13H15N3O3S. The van der Waals surface area contributed by atoms with Crippen LogP contribution in [0, 0.1) is 24.0 Å². The lowest BCUT2D eigenvalue weighted by atomic mass is 10.2. The average molecular weight is 293 g/mol. The zero-order valence-corrected chi connectivity index (χ0v) is 12.1. The number of thiazole rings is 1. The first-order valence-corrected chi connectivity index (χ1v) is 6.86. The van der Waals surface area contributed by atoms with Gasteiger partial charge in [0.25, 0.3) is 0 Å². The molecule has 2 N–H and O–H groups in total. The summed E-state index contributed by atoms with van der Waals surface area (Å²) in [4.78, 5) is 16.0. The second-order valence-corrected chi connectivity index (χ2v) is 5.59. The molecule has 0 saturated carbocycles. The van der Waals surface area contributed by atoms with E-state index in [1.165, 1.54) is 17.4 Å². The molecule has 0 atom stereocenters. The Hall–Kier alpha value is -1.99. The van der Waals surface area contributed by atoms with Gasteiger partial charge in [0.05, 0.1) is 10.6 Å². The molecule has 0 aliphatic heterocycles. The Morgan fingerprint density at radius 2 is 2.20 bits per heavy atom. The van der Waals surface area contributed by atoms with Crippen LogP contribution in [0.5, 0.6) is 5.75 Å². The van der Waals surface area contributed by atoms with Crippen LogP contribution in [0.15, 0.2) is 18.2 Å². The maximum Gasteiger partial charge on any atom is 0.310 e. The van der Waals surface area contributed by atoms with Crippen LogP contribution >= 0.6 is 11.3 Å². The SMILES string of the molecule is Cc1nc(COc2cc(CN)ccc2[N+](=O)[O-])sc1C. The fourth-order valence-corrected chi connectivity index (χ4v) is 2.54. The zero-order valence-electron chi connectivity index (χ0n) is 11.3. The average Bonchev–Trinajstić information content (AvgIpc) is 2.75. The van der Waals surface area contributed by atoms with Crippen molar-refractivity contribution in [3.8, 4) is 5.75 Å². The monoisotopic (exact) mass is 293 g/mol. The number of nitro benzene ring substituents is 1. The quantitative estimate of drug-likeness (QED) is 0.676. The van der Waals surface area contributed by atoms with Gasteiger partial charge < -0.3 is 10.5 Å². The van der Waals surface area contributed by atoms with Gasteiger partial charge in [-0.3, -0.25) is 10.1 Å². The highest BCUT2D eigenvalue weighted by Crippen LogP contribution is 2.29. The molecule has 0 amide bonds. The second kappa shape index (κ2) is 5.98. The maximum absolute atomic E-state index is 11.0. The van der Waals surface area contributed by atoms with Crippen molar-refractivity contribution in [2.75, 3.05) is 0 Å². The number of hydrogen-bond donors (Lipinski definition) is 1. The van der Waals surface area contributed by atoms with E-state index in [1.807, 2.05) is 13.8 Å². The Bertz CT molecular complexity index is 620. The van der Waals surface area contributed by atoms with Crippen molar-refractivity contribution in [2.24, 2.45) is 5.73 Å². The van der Waals surface area contributed by atoms with E-state index in [0.717, 1.165) is 21.1 Å². The van der Waals surface area contributed by atoms with Gasteiger partial charge in [0.2, 0.25) is 0 Å². The Kier molecular flexibility index (Phi) is 4.31. The van der Waals surface area contributed by atoms with E-state index >= 15 is 0 Å². The predicted octanol–water partition coefficient (Wildman–Crippen LogP) is 2.71. The lowest BCUT2D eigenvalue weighted by Gasteiger charge is -2.06. The molecule has 20 heavy (non-hydrogen) atoms. The zero-order chi connectivity index (χ0) is 14.7. The highest BCUT2D eigenvalue weighted by Gasteiger charge is 2.16. The first-order chi connectivity index (χ1) is 9.51. The summed E-state index contributed by atoms with van der Waals surface area (Å²) >= 11 is 1.53. The lowest BCUT2D eigenvalue weighted by molar-refractivity contribution is -0.386. The highest BCUT2D eigenvalue weighted by atomic mass is 32.1. The van der Waals surface area contributed by atoms with Crippen LogP contribution < -0.4 is 10.5 Å². The maximum atomic E-state index is 11.0. The molecule has 7 heteroatoms. The molecule has 0 fully saturated rings. The van der Waals surface area contributed by atoms with Crippen LogP contribution in [0.2, 0.25) is 0 Å². The van der Waals surface area contributed by atoms with E-state index in [0.29, 0.717) is 6.54 Å². The van der Waals surface area contributed by atoms with Crippen LogP contribution in [0.4, 0.5) is 5.69 Å². The molecule has 0 unspecified atom stereocenters. The molecule has 106 valence electrons. The number of hydrogen-bond acceptors (Lipinski definition) is 6. The minimum atomic E-state index is -0.464. The number of nitro groups is 1. The van der Waals surface area contributed by atoms with Crippen molar-refractivity contribution in [1.82, 2.24) is 4.98 Å². The summed E-state index contributed by atoms with van der Waals surface area (Å²) in [5.41, 5.74) is 7.22. The summed E-state index contributed by atoms with van der Waals surface area (Å²) < 4.78 is 5.55. The third-order valence-electron chi connectivity index (χ3n) is 2.88. The standard InChI is InChI=1S/C13H15N3O3S/c1-8-9(2)20-13(15-8)7-19-12-5-10(6-14)3-4-11(12)16(17)18/h3-5H,6-7,14H2,1-2H3. The fourth-order valence-electron chi connectivity index (χ4n) is 1.69. The van der Waals surface area contributed by atoms with Gasteiger partial charge in [0, 0.05) is 17.5 Å². The van der Waals surface area contributed by atoms with Crippen LogP contribution in [0.1, 0.15) is 21.1 Å². The molecule has 0 aliphatic rings. The summed E-state index contributed by atoms with van der Waals surface area (Å²) in [5.74, 6) is 0.225. The van der Waals surface area contributed by atoms with Crippen molar-refractivity contribution in [2.45, 2.75) is 27.0 Å². The lowest BCUT2D eigenvalue weighted by Crippen LogP contribution is -2.02. The van der Waals surface area contributed by atoms with Gasteiger partial charge in [-0.2, -0.15) is 0 Å². The highest BCUT2D eigenvalue weighted by molar-refractivity contribution is 7.11. The van der Waals surface area contributed by atoms with Gasteiger partial charge in [-0.15, -0.1) is 11.3 Å².